The van der Waals surface area contributed by atoms with E-state index in [1.807, 2.05) is 24.4 Å². The van der Waals surface area contributed by atoms with Crippen LogP contribution in [0.25, 0.3) is 0 Å². The zero-order valence-electron chi connectivity index (χ0n) is 7.40. The molecular formula is C12H11N. The summed E-state index contributed by atoms with van der Waals surface area (Å²) in [6.07, 6.45) is 15.0. The number of fused-ring (bicyclic) bond motifs is 1. The van der Waals surface area contributed by atoms with Crippen LogP contribution >= 0.6 is 0 Å². The molecule has 0 N–H and O–H groups in total. The predicted molar refractivity (Wildman–Crippen MR) is 54.6 cm³/mol. The van der Waals surface area contributed by atoms with E-state index in [9.17, 15) is 0 Å². The van der Waals surface area contributed by atoms with Gasteiger partial charge in [-0.2, -0.15) is 0 Å². The maximum Gasteiger partial charge on any atom is 0.0880 e. The Morgan fingerprint density at radius 3 is 3.23 bits per heavy atom. The van der Waals surface area contributed by atoms with Crippen molar-refractivity contribution in [2.45, 2.75) is 6.42 Å². The molecule has 0 aromatic carbocycles. The molecule has 2 heterocycles. The van der Waals surface area contributed by atoms with Crippen molar-refractivity contribution in [1.29, 1.82) is 0 Å². The molecule has 0 radical (unpaired) electrons. The van der Waals surface area contributed by atoms with Gasteiger partial charge in [0.2, 0.25) is 0 Å². The van der Waals surface area contributed by atoms with Gasteiger partial charge in [-0.05, 0) is 30.2 Å². The van der Waals surface area contributed by atoms with Crippen molar-refractivity contribution in [2.75, 3.05) is 0 Å². The molecule has 2 aliphatic heterocycles. The Balaban J connectivity index is 2.29. The van der Waals surface area contributed by atoms with E-state index in [1.165, 1.54) is 5.57 Å². The Kier molecular flexibility index (Phi) is 2.03. The summed E-state index contributed by atoms with van der Waals surface area (Å²) >= 11 is 0. The van der Waals surface area contributed by atoms with E-state index < -0.39 is 0 Å². The molecule has 0 aromatic rings. The first-order valence-corrected chi connectivity index (χ1v) is 4.31. The maximum absolute atomic E-state index is 3.72. The molecule has 0 spiro atoms. The Hall–Kier alpha value is -1.72. The highest BCUT2D eigenvalue weighted by molar-refractivity contribution is 5.38. The highest BCUT2D eigenvalue weighted by Gasteiger charge is 2.07. The van der Waals surface area contributed by atoms with Gasteiger partial charge >= 0.3 is 0 Å². The first-order valence-electron chi connectivity index (χ1n) is 4.31. The van der Waals surface area contributed by atoms with Crippen LogP contribution in [0.3, 0.4) is 0 Å². The third-order valence-electron chi connectivity index (χ3n) is 1.99. The van der Waals surface area contributed by atoms with Crippen LogP contribution in [0, 0.1) is 0 Å². The van der Waals surface area contributed by atoms with Crippen LogP contribution in [0.5, 0.6) is 0 Å². The Morgan fingerprint density at radius 1 is 1.46 bits per heavy atom. The largest absolute Gasteiger partial charge is 0.317 e. The molecule has 1 heteroatoms. The van der Waals surface area contributed by atoms with Gasteiger partial charge in [-0.25, -0.2) is 0 Å². The van der Waals surface area contributed by atoms with Crippen LogP contribution in [-0.4, -0.2) is 4.90 Å². The minimum atomic E-state index is 0.915. The standard InChI is InChI=1S/C12H11N/c1-2-5-11-7-8-12-6-3-4-9-13(12)10-11/h2-4,7-10H,1,5H2. The predicted octanol–water partition coefficient (Wildman–Crippen LogP) is 2.88. The molecule has 0 unspecified atom stereocenters. The zero-order chi connectivity index (χ0) is 9.10. The van der Waals surface area contributed by atoms with Crippen molar-refractivity contribution < 1.29 is 0 Å². The highest BCUT2D eigenvalue weighted by atomic mass is 15.1. The fourth-order valence-electron chi connectivity index (χ4n) is 1.37. The first kappa shape index (κ1) is 7.90. The fourth-order valence-corrected chi connectivity index (χ4v) is 1.37. The number of nitrogens with zero attached hydrogens (tertiary/aromatic N) is 1. The normalized spacial score (nSPS) is 18.0. The molecule has 0 bridgehead atoms. The van der Waals surface area contributed by atoms with E-state index in [-0.39, 0.29) is 0 Å². The number of allylic oxidation sites excluding steroid dienone is 5. The molecule has 0 fully saturated rings. The van der Waals surface area contributed by atoms with Crippen LogP contribution in [0.4, 0.5) is 0 Å². The molecule has 2 aliphatic rings. The van der Waals surface area contributed by atoms with Crippen LogP contribution in [0.15, 0.2) is 66.4 Å². The Labute approximate surface area is 78.4 Å². The molecule has 0 amide bonds. The molecule has 0 aromatic heterocycles. The van der Waals surface area contributed by atoms with E-state index >= 15 is 0 Å². The summed E-state index contributed by atoms with van der Waals surface area (Å²) in [5, 5.41) is 0. The second kappa shape index (κ2) is 3.34. The van der Waals surface area contributed by atoms with Crippen LogP contribution in [-0.2, 0) is 0 Å². The highest BCUT2D eigenvalue weighted by Crippen LogP contribution is 2.20. The lowest BCUT2D eigenvalue weighted by Crippen LogP contribution is -2.11. The summed E-state index contributed by atoms with van der Waals surface area (Å²) in [6, 6.07) is 0. The van der Waals surface area contributed by atoms with Crippen molar-refractivity contribution in [1.82, 2.24) is 4.90 Å². The van der Waals surface area contributed by atoms with Gasteiger partial charge in [0.15, 0.2) is 0 Å². The molecule has 0 aliphatic carbocycles. The monoisotopic (exact) mass is 169 g/mol. The van der Waals surface area contributed by atoms with Gasteiger partial charge in [0.25, 0.3) is 0 Å². The maximum atomic E-state index is 3.72. The molecule has 64 valence electrons. The smallest absolute Gasteiger partial charge is 0.0880 e. The quantitative estimate of drug-likeness (QED) is 0.454. The van der Waals surface area contributed by atoms with Gasteiger partial charge in [-0.1, -0.05) is 17.9 Å². The van der Waals surface area contributed by atoms with Crippen molar-refractivity contribution in [3.05, 3.63) is 66.4 Å². The molecule has 0 saturated heterocycles. The summed E-state index contributed by atoms with van der Waals surface area (Å²) in [5.41, 5.74) is 5.52. The summed E-state index contributed by atoms with van der Waals surface area (Å²) in [5.74, 6) is 0. The number of rotatable bonds is 2. The third-order valence-corrected chi connectivity index (χ3v) is 1.99. The second-order valence-electron chi connectivity index (χ2n) is 2.98. The topological polar surface area (TPSA) is 3.24 Å². The van der Waals surface area contributed by atoms with Crippen molar-refractivity contribution in [3.63, 3.8) is 0 Å². The molecule has 1 nitrogen and oxygen atoms in total. The molecule has 0 atom stereocenters. The second-order valence-corrected chi connectivity index (χ2v) is 2.98. The summed E-state index contributed by atoms with van der Waals surface area (Å²) in [4.78, 5) is 2.07. The Bertz CT molecular complexity index is 374. The molecule has 13 heavy (non-hydrogen) atoms. The van der Waals surface area contributed by atoms with Crippen LogP contribution < -0.4 is 0 Å². The average Bonchev–Trinajstić information content (AvgIpc) is 2.18. The molecule has 0 saturated carbocycles. The van der Waals surface area contributed by atoms with E-state index in [1.54, 1.807) is 0 Å². The van der Waals surface area contributed by atoms with E-state index in [2.05, 4.69) is 35.6 Å². The van der Waals surface area contributed by atoms with Crippen molar-refractivity contribution in [3.8, 4) is 0 Å². The number of hydrogen-bond acceptors (Lipinski definition) is 1. The van der Waals surface area contributed by atoms with Crippen molar-refractivity contribution >= 4 is 0 Å². The third kappa shape index (κ3) is 1.56. The van der Waals surface area contributed by atoms with Gasteiger partial charge in [0.1, 0.15) is 0 Å². The minimum Gasteiger partial charge on any atom is -0.317 e. The fraction of sp³-hybridized carbons (Fsp3) is 0.0833. The van der Waals surface area contributed by atoms with E-state index in [0.717, 1.165) is 12.1 Å². The lowest BCUT2D eigenvalue weighted by molar-refractivity contribution is 0.635. The summed E-state index contributed by atoms with van der Waals surface area (Å²) < 4.78 is 0. The lowest BCUT2D eigenvalue weighted by atomic mass is 10.1. The molecular weight excluding hydrogens is 158 g/mol. The van der Waals surface area contributed by atoms with Gasteiger partial charge < -0.3 is 4.90 Å². The van der Waals surface area contributed by atoms with Gasteiger partial charge in [-0.3, -0.25) is 0 Å². The van der Waals surface area contributed by atoms with Gasteiger partial charge in [-0.15, -0.1) is 6.58 Å². The SMILES string of the molecule is C=CCC1=CN2C=CC=C=C2C=C1. The van der Waals surface area contributed by atoms with E-state index in [0.29, 0.717) is 0 Å². The summed E-state index contributed by atoms with van der Waals surface area (Å²) in [7, 11) is 0. The average molecular weight is 169 g/mol. The van der Waals surface area contributed by atoms with Gasteiger partial charge in [0, 0.05) is 12.4 Å². The van der Waals surface area contributed by atoms with Crippen LogP contribution in [0.2, 0.25) is 0 Å². The zero-order valence-corrected chi connectivity index (χ0v) is 7.40. The lowest BCUT2D eigenvalue weighted by Gasteiger charge is -2.21. The van der Waals surface area contributed by atoms with E-state index in [4.69, 9.17) is 0 Å². The number of hydrogen-bond donors (Lipinski definition) is 0. The first-order chi connectivity index (χ1) is 6.40. The van der Waals surface area contributed by atoms with Crippen molar-refractivity contribution in [2.24, 2.45) is 0 Å². The molecule has 2 rings (SSSR count). The summed E-state index contributed by atoms with van der Waals surface area (Å²) in [6.45, 7) is 3.72. The van der Waals surface area contributed by atoms with Crippen LogP contribution in [0.1, 0.15) is 6.42 Å². The minimum absolute atomic E-state index is 0.915. The Morgan fingerprint density at radius 2 is 2.38 bits per heavy atom. The van der Waals surface area contributed by atoms with Gasteiger partial charge in [0.05, 0.1) is 5.70 Å².